The van der Waals surface area contributed by atoms with Gasteiger partial charge in [0.25, 0.3) is 0 Å². The summed E-state index contributed by atoms with van der Waals surface area (Å²) >= 11 is 0. The molecule has 196 valence electrons. The molecule has 5 nitrogen and oxygen atoms in total. The van der Waals surface area contributed by atoms with E-state index < -0.39 is 5.60 Å². The number of para-hydroxylation sites is 1. The van der Waals surface area contributed by atoms with E-state index in [1.165, 1.54) is 6.42 Å². The molecule has 3 unspecified atom stereocenters. The summed E-state index contributed by atoms with van der Waals surface area (Å²) in [6.07, 6.45) is 2.29. The Labute approximate surface area is 229 Å². The van der Waals surface area contributed by atoms with Crippen molar-refractivity contribution in [2.75, 3.05) is 16.8 Å². The second kappa shape index (κ2) is 8.91. The van der Waals surface area contributed by atoms with E-state index in [4.69, 9.17) is 9.47 Å². The molecule has 1 N–H and O–H groups in total. The minimum absolute atomic E-state index is 0.314. The van der Waals surface area contributed by atoms with Gasteiger partial charge in [-0.3, -0.25) is 0 Å². The second-order valence-electron chi connectivity index (χ2n) is 11.0. The van der Waals surface area contributed by atoms with Crippen LogP contribution in [0.3, 0.4) is 0 Å². The molecule has 0 saturated carbocycles. The Hall–Kier alpha value is -4.25. The molecule has 4 aromatic rings. The second-order valence-corrected chi connectivity index (χ2v) is 11.0. The summed E-state index contributed by atoms with van der Waals surface area (Å²) in [5.41, 5.74) is 6.18. The van der Waals surface area contributed by atoms with Crippen LogP contribution in [0, 0.1) is 12.8 Å². The van der Waals surface area contributed by atoms with Crippen LogP contribution in [0.25, 0.3) is 0 Å². The van der Waals surface area contributed by atoms with Gasteiger partial charge < -0.3 is 19.7 Å². The molecule has 0 aliphatic carbocycles. The first kappa shape index (κ1) is 23.8. The normalized spacial score (nSPS) is 22.6. The third-order valence-electron chi connectivity index (χ3n) is 8.73. The largest absolute Gasteiger partial charge is 0.456 e. The standard InChI is InChI=1S/C34H32N2O3/c1-4-30-21(2)16-17-36(30)24-14-15-27-32(19-24)38-31-18-22(3)29(35-23-10-6-5-7-11-23)20-28(31)34(27)26-13-9-8-12-25(26)33(37)39-34/h5-15,18-21,30,35H,4,16-17H2,1-3H3. The van der Waals surface area contributed by atoms with Gasteiger partial charge >= 0.3 is 5.97 Å². The number of hydrogen-bond donors (Lipinski definition) is 1. The third-order valence-corrected chi connectivity index (χ3v) is 8.73. The van der Waals surface area contributed by atoms with Gasteiger partial charge in [-0.1, -0.05) is 50.2 Å². The van der Waals surface area contributed by atoms with Crippen LogP contribution in [0.4, 0.5) is 17.1 Å². The fourth-order valence-corrected chi connectivity index (χ4v) is 6.75. The molecule has 0 radical (unpaired) electrons. The lowest BCUT2D eigenvalue weighted by atomic mass is 9.77. The molecular formula is C34H32N2O3. The molecule has 1 fully saturated rings. The van der Waals surface area contributed by atoms with Gasteiger partial charge in [-0.2, -0.15) is 0 Å². The predicted octanol–water partition coefficient (Wildman–Crippen LogP) is 7.93. The lowest BCUT2D eigenvalue weighted by Crippen LogP contribution is -2.34. The van der Waals surface area contributed by atoms with E-state index in [2.05, 4.69) is 61.3 Å². The first-order valence-electron chi connectivity index (χ1n) is 13.9. The number of fused-ring (bicyclic) bond motifs is 6. The Morgan fingerprint density at radius 3 is 2.51 bits per heavy atom. The molecule has 3 aliphatic rings. The number of carbonyl (C=O) groups is 1. The van der Waals surface area contributed by atoms with Crippen LogP contribution in [0.15, 0.2) is 84.9 Å². The first-order valence-corrected chi connectivity index (χ1v) is 13.9. The molecular weight excluding hydrogens is 484 g/mol. The van der Waals surface area contributed by atoms with E-state index in [-0.39, 0.29) is 5.97 Å². The molecule has 3 aliphatic heterocycles. The lowest BCUT2D eigenvalue weighted by molar-refractivity contribution is 0.0224. The number of nitrogens with one attached hydrogen (secondary N) is 1. The van der Waals surface area contributed by atoms with Crippen LogP contribution in [-0.4, -0.2) is 18.6 Å². The highest BCUT2D eigenvalue weighted by Crippen LogP contribution is 2.57. The van der Waals surface area contributed by atoms with E-state index in [1.54, 1.807) is 0 Å². The van der Waals surface area contributed by atoms with E-state index in [0.717, 1.165) is 58.0 Å². The zero-order valence-corrected chi connectivity index (χ0v) is 22.5. The van der Waals surface area contributed by atoms with Crippen LogP contribution < -0.4 is 15.0 Å². The summed E-state index contributed by atoms with van der Waals surface area (Å²) in [5, 5.41) is 3.55. The highest BCUT2D eigenvalue weighted by atomic mass is 16.6. The van der Waals surface area contributed by atoms with Crippen LogP contribution in [0.5, 0.6) is 11.5 Å². The zero-order chi connectivity index (χ0) is 26.7. The van der Waals surface area contributed by atoms with Gasteiger partial charge in [0.05, 0.1) is 5.56 Å². The number of esters is 1. The Morgan fingerprint density at radius 2 is 1.69 bits per heavy atom. The van der Waals surface area contributed by atoms with Crippen molar-refractivity contribution in [3.8, 4) is 11.5 Å². The maximum atomic E-state index is 13.3. The van der Waals surface area contributed by atoms with Crippen LogP contribution >= 0.6 is 0 Å². The van der Waals surface area contributed by atoms with Gasteiger partial charge in [0, 0.05) is 52.4 Å². The van der Waals surface area contributed by atoms with Crippen LogP contribution in [-0.2, 0) is 10.3 Å². The van der Waals surface area contributed by atoms with Crippen molar-refractivity contribution in [1.82, 2.24) is 0 Å². The Bertz CT molecular complexity index is 1600. The number of ether oxygens (including phenoxy) is 2. The molecule has 3 atom stereocenters. The van der Waals surface area contributed by atoms with Crippen molar-refractivity contribution in [3.05, 3.63) is 113 Å². The summed E-state index contributed by atoms with van der Waals surface area (Å²) in [6.45, 7) is 7.71. The molecule has 0 aromatic heterocycles. The maximum absolute atomic E-state index is 13.3. The van der Waals surface area contributed by atoms with Crippen molar-refractivity contribution in [2.45, 2.75) is 45.3 Å². The van der Waals surface area contributed by atoms with E-state index in [0.29, 0.717) is 23.3 Å². The van der Waals surface area contributed by atoms with Gasteiger partial charge in [0.2, 0.25) is 0 Å². The number of rotatable bonds is 4. The van der Waals surface area contributed by atoms with Gasteiger partial charge in [0.15, 0.2) is 5.60 Å². The number of carbonyl (C=O) groups excluding carboxylic acids is 1. The minimum atomic E-state index is -1.08. The summed E-state index contributed by atoms with van der Waals surface area (Å²) in [5.74, 6) is 1.79. The summed E-state index contributed by atoms with van der Waals surface area (Å²) < 4.78 is 13.1. The first-order chi connectivity index (χ1) is 19.0. The van der Waals surface area contributed by atoms with E-state index in [1.807, 2.05) is 54.6 Å². The molecule has 7 rings (SSSR count). The third kappa shape index (κ3) is 3.56. The van der Waals surface area contributed by atoms with Crippen LogP contribution in [0.2, 0.25) is 0 Å². The van der Waals surface area contributed by atoms with Gasteiger partial charge in [-0.05, 0) is 73.7 Å². The Balaban J connectivity index is 1.41. The van der Waals surface area contributed by atoms with Crippen molar-refractivity contribution in [1.29, 1.82) is 0 Å². The van der Waals surface area contributed by atoms with Crippen molar-refractivity contribution in [2.24, 2.45) is 5.92 Å². The number of nitrogens with zero attached hydrogens (tertiary/aromatic N) is 1. The molecule has 3 heterocycles. The average Bonchev–Trinajstić information content (AvgIpc) is 3.47. The molecule has 0 bridgehead atoms. The smallest absolute Gasteiger partial charge is 0.340 e. The molecule has 4 aromatic carbocycles. The Kier molecular flexibility index (Phi) is 5.44. The lowest BCUT2D eigenvalue weighted by Gasteiger charge is -2.38. The SMILES string of the molecule is CCC1C(C)CCN1c1ccc2c(c1)Oc1cc(C)c(Nc3ccccc3)cc1C21OC(=O)c2ccccc21. The van der Waals surface area contributed by atoms with Crippen LogP contribution in [0.1, 0.15) is 59.3 Å². The summed E-state index contributed by atoms with van der Waals surface area (Å²) in [4.78, 5) is 15.8. The molecule has 1 saturated heterocycles. The quantitative estimate of drug-likeness (QED) is 0.279. The van der Waals surface area contributed by atoms with Gasteiger partial charge in [-0.15, -0.1) is 0 Å². The van der Waals surface area contributed by atoms with Crippen molar-refractivity contribution >= 4 is 23.0 Å². The Morgan fingerprint density at radius 1 is 0.923 bits per heavy atom. The highest BCUT2D eigenvalue weighted by molar-refractivity contribution is 5.97. The number of hydrogen-bond acceptors (Lipinski definition) is 5. The average molecular weight is 517 g/mol. The number of aryl methyl sites for hydroxylation is 1. The minimum Gasteiger partial charge on any atom is -0.456 e. The number of benzene rings is 4. The fraction of sp³-hybridized carbons (Fsp3) is 0.265. The number of anilines is 3. The van der Waals surface area contributed by atoms with Crippen molar-refractivity contribution < 1.29 is 14.3 Å². The monoisotopic (exact) mass is 516 g/mol. The summed E-state index contributed by atoms with van der Waals surface area (Å²) in [7, 11) is 0. The van der Waals surface area contributed by atoms with Gasteiger partial charge in [0.1, 0.15) is 11.5 Å². The molecule has 39 heavy (non-hydrogen) atoms. The topological polar surface area (TPSA) is 50.8 Å². The zero-order valence-electron chi connectivity index (χ0n) is 22.5. The molecule has 5 heteroatoms. The maximum Gasteiger partial charge on any atom is 0.340 e. The predicted molar refractivity (Wildman–Crippen MR) is 154 cm³/mol. The van der Waals surface area contributed by atoms with Crippen molar-refractivity contribution in [3.63, 3.8) is 0 Å². The van der Waals surface area contributed by atoms with E-state index in [9.17, 15) is 4.79 Å². The summed E-state index contributed by atoms with van der Waals surface area (Å²) in [6, 6.07) is 28.9. The highest BCUT2D eigenvalue weighted by Gasteiger charge is 2.53. The van der Waals surface area contributed by atoms with E-state index >= 15 is 0 Å². The molecule has 1 spiro atoms. The van der Waals surface area contributed by atoms with Gasteiger partial charge in [-0.25, -0.2) is 4.79 Å². The fourth-order valence-electron chi connectivity index (χ4n) is 6.75. The molecule has 0 amide bonds.